The molecule has 0 heteroatoms. The first-order valence-electron chi connectivity index (χ1n) is 15.9. The second kappa shape index (κ2) is 21.9. The first-order valence-corrected chi connectivity index (χ1v) is 15.9. The summed E-state index contributed by atoms with van der Waals surface area (Å²) in [7, 11) is 0. The van der Waals surface area contributed by atoms with Gasteiger partial charge in [-0.2, -0.15) is 0 Å². The molecule has 0 saturated heterocycles. The van der Waals surface area contributed by atoms with E-state index in [9.17, 15) is 0 Å². The van der Waals surface area contributed by atoms with E-state index in [2.05, 4.69) is 111 Å². The lowest BCUT2D eigenvalue weighted by molar-refractivity contribution is 0.869. The summed E-state index contributed by atoms with van der Waals surface area (Å²) in [6.07, 6.45) is 21.9. The molecule has 0 amide bonds. The van der Waals surface area contributed by atoms with Gasteiger partial charge in [-0.1, -0.05) is 161 Å². The van der Waals surface area contributed by atoms with Crippen molar-refractivity contribution in [2.45, 2.75) is 93.9 Å². The van der Waals surface area contributed by atoms with Gasteiger partial charge in [0.2, 0.25) is 0 Å². The van der Waals surface area contributed by atoms with Crippen molar-refractivity contribution >= 4 is 0 Å². The molecule has 1 aliphatic rings. The molecule has 0 saturated carbocycles. The highest BCUT2D eigenvalue weighted by Crippen LogP contribution is 2.22. The molecule has 222 valence electrons. The van der Waals surface area contributed by atoms with E-state index in [4.69, 9.17) is 6.42 Å². The van der Waals surface area contributed by atoms with Crippen molar-refractivity contribution in [2.24, 2.45) is 0 Å². The summed E-state index contributed by atoms with van der Waals surface area (Å²) in [5, 5.41) is 0. The van der Waals surface area contributed by atoms with Gasteiger partial charge in [0.05, 0.1) is 0 Å². The minimum Gasteiger partial charge on any atom is -0.115 e. The first-order chi connectivity index (χ1) is 20.6. The Morgan fingerprint density at radius 3 is 1.40 bits per heavy atom. The molecule has 0 fully saturated rings. The summed E-state index contributed by atoms with van der Waals surface area (Å²) >= 11 is 0. The van der Waals surface area contributed by atoms with Gasteiger partial charge in [-0.3, -0.25) is 0 Å². The van der Waals surface area contributed by atoms with Crippen LogP contribution in [0.2, 0.25) is 0 Å². The second-order valence-electron chi connectivity index (χ2n) is 10.0. The quantitative estimate of drug-likeness (QED) is 0.181. The zero-order valence-electron chi connectivity index (χ0n) is 27.6. The lowest BCUT2D eigenvalue weighted by atomic mass is 9.93. The van der Waals surface area contributed by atoms with Crippen LogP contribution >= 0.6 is 0 Å². The Balaban J connectivity index is 0.00000138. The van der Waals surface area contributed by atoms with Crippen molar-refractivity contribution < 1.29 is 0 Å². The molecule has 42 heavy (non-hydrogen) atoms. The smallest absolute Gasteiger partial charge is 0.00258 e. The third-order valence-corrected chi connectivity index (χ3v) is 6.82. The molecule has 0 bridgehead atoms. The Morgan fingerprint density at radius 2 is 1.02 bits per heavy atom. The van der Waals surface area contributed by atoms with Gasteiger partial charge in [-0.15, -0.1) is 6.42 Å². The molecular weight excluding hydrogens is 504 g/mol. The van der Waals surface area contributed by atoms with Gasteiger partial charge in [-0.25, -0.2) is 0 Å². The maximum Gasteiger partial charge on any atom is -0.00258 e. The Labute approximate surface area is 259 Å². The average molecular weight is 559 g/mol. The molecule has 0 radical (unpaired) electrons. The predicted molar refractivity (Wildman–Crippen MR) is 189 cm³/mol. The van der Waals surface area contributed by atoms with Crippen molar-refractivity contribution in [1.82, 2.24) is 0 Å². The fourth-order valence-corrected chi connectivity index (χ4v) is 4.64. The molecule has 0 N–H and O–H groups in total. The summed E-state index contributed by atoms with van der Waals surface area (Å²) < 4.78 is 0. The van der Waals surface area contributed by atoms with Crippen LogP contribution in [-0.4, -0.2) is 0 Å². The van der Waals surface area contributed by atoms with E-state index in [0.717, 1.165) is 25.7 Å². The Hall–Kier alpha value is -3.82. The normalized spacial score (nSPS) is 12.3. The number of benzene rings is 3. The Kier molecular flexibility index (Phi) is 18.8. The number of terminal acetylenes is 1. The lowest BCUT2D eigenvalue weighted by Crippen LogP contribution is -1.96. The molecule has 0 aromatic heterocycles. The maximum atomic E-state index is 5.26. The van der Waals surface area contributed by atoms with E-state index < -0.39 is 0 Å². The fraction of sp³-hybridized carbons (Fsp3) is 0.333. The van der Waals surface area contributed by atoms with Crippen LogP contribution in [0.3, 0.4) is 0 Å². The summed E-state index contributed by atoms with van der Waals surface area (Å²) in [4.78, 5) is 0. The third kappa shape index (κ3) is 13.7. The van der Waals surface area contributed by atoms with Gasteiger partial charge in [0.1, 0.15) is 0 Å². The summed E-state index contributed by atoms with van der Waals surface area (Å²) in [6, 6.07) is 27.2. The molecule has 3 aromatic carbocycles. The molecular formula is C42H54. The molecule has 3 aromatic rings. The van der Waals surface area contributed by atoms with Crippen molar-refractivity contribution in [3.63, 3.8) is 0 Å². The standard InChI is InChI=1S/C36H36.3C2H6/c1-4-5-6-7-29(3)24-30-12-14-32(15-13-30)26-34-20-22-36(23-21-34)27-35-18-16-33(17-19-35)25-31-10-8-28(2)9-11-31;3*1-2/h1,5-8,10,12-23H,9,11,24-27H2,2-3H3;3*1-2H3/b6-5-,29-7+;;;. The van der Waals surface area contributed by atoms with E-state index in [-0.39, 0.29) is 0 Å². The van der Waals surface area contributed by atoms with Gasteiger partial charge >= 0.3 is 0 Å². The molecule has 0 nitrogen and oxygen atoms in total. The largest absolute Gasteiger partial charge is 0.115 e. The molecule has 0 spiro atoms. The van der Waals surface area contributed by atoms with Crippen molar-refractivity contribution in [1.29, 1.82) is 0 Å². The monoisotopic (exact) mass is 558 g/mol. The zero-order valence-corrected chi connectivity index (χ0v) is 27.6. The minimum atomic E-state index is 0.944. The van der Waals surface area contributed by atoms with Gasteiger partial charge in [0.15, 0.2) is 0 Å². The number of allylic oxidation sites excluding steroid dienone is 8. The topological polar surface area (TPSA) is 0 Å². The Morgan fingerprint density at radius 1 is 0.619 bits per heavy atom. The van der Waals surface area contributed by atoms with Crippen molar-refractivity contribution in [3.05, 3.63) is 153 Å². The van der Waals surface area contributed by atoms with Crippen LogP contribution in [0.25, 0.3) is 0 Å². The highest BCUT2D eigenvalue weighted by molar-refractivity contribution is 5.35. The SMILES string of the molecule is C#C/C=C\C=C(/C)Cc1ccc(Cc2ccc(Cc3ccc(CC4=CC=C(C)CC4)cc3)cc2)cc1.CC.CC.CC. The first kappa shape index (κ1) is 36.2. The molecule has 0 aliphatic heterocycles. The molecule has 1 aliphatic carbocycles. The summed E-state index contributed by atoms with van der Waals surface area (Å²) in [5.74, 6) is 2.52. The van der Waals surface area contributed by atoms with E-state index in [1.807, 2.05) is 47.6 Å². The predicted octanol–water partition coefficient (Wildman–Crippen LogP) is 11.8. The summed E-state index contributed by atoms with van der Waals surface area (Å²) in [5.41, 5.74) is 12.5. The van der Waals surface area contributed by atoms with Crippen LogP contribution in [0.15, 0.2) is 120 Å². The molecule has 4 rings (SSSR count). The number of hydrogen-bond donors (Lipinski definition) is 0. The zero-order chi connectivity index (χ0) is 31.2. The number of rotatable bonds is 9. The van der Waals surface area contributed by atoms with E-state index in [0.29, 0.717) is 0 Å². The van der Waals surface area contributed by atoms with Crippen molar-refractivity contribution in [2.75, 3.05) is 0 Å². The van der Waals surface area contributed by atoms with Crippen LogP contribution in [0.1, 0.15) is 102 Å². The van der Waals surface area contributed by atoms with Crippen LogP contribution in [-0.2, 0) is 25.7 Å². The second-order valence-corrected chi connectivity index (χ2v) is 10.0. The third-order valence-electron chi connectivity index (χ3n) is 6.82. The minimum absolute atomic E-state index is 0.944. The Bertz CT molecular complexity index is 1300. The maximum absolute atomic E-state index is 5.26. The van der Waals surface area contributed by atoms with Gasteiger partial charge in [0.25, 0.3) is 0 Å². The molecule has 0 unspecified atom stereocenters. The number of hydrogen-bond acceptors (Lipinski definition) is 0. The van der Waals surface area contributed by atoms with Gasteiger partial charge < -0.3 is 0 Å². The summed E-state index contributed by atoms with van der Waals surface area (Å²) in [6.45, 7) is 16.4. The van der Waals surface area contributed by atoms with Crippen LogP contribution < -0.4 is 0 Å². The fourth-order valence-electron chi connectivity index (χ4n) is 4.64. The lowest BCUT2D eigenvalue weighted by Gasteiger charge is -2.12. The van der Waals surface area contributed by atoms with Crippen molar-refractivity contribution in [3.8, 4) is 12.3 Å². The van der Waals surface area contributed by atoms with Gasteiger partial charge in [-0.05, 0) is 91.8 Å². The van der Waals surface area contributed by atoms with E-state index >= 15 is 0 Å². The van der Waals surface area contributed by atoms with Crippen LogP contribution in [0, 0.1) is 12.3 Å². The molecule has 0 heterocycles. The van der Waals surface area contributed by atoms with Crippen LogP contribution in [0.4, 0.5) is 0 Å². The average Bonchev–Trinajstić information content (AvgIpc) is 3.04. The van der Waals surface area contributed by atoms with E-state index in [1.54, 1.807) is 11.6 Å². The highest BCUT2D eigenvalue weighted by atomic mass is 14.1. The highest BCUT2D eigenvalue weighted by Gasteiger charge is 2.05. The molecule has 0 atom stereocenters. The van der Waals surface area contributed by atoms with Gasteiger partial charge in [0, 0.05) is 0 Å². The van der Waals surface area contributed by atoms with E-state index in [1.165, 1.54) is 57.4 Å². The van der Waals surface area contributed by atoms with Crippen LogP contribution in [0.5, 0.6) is 0 Å².